The molecule has 2 fully saturated rings. The van der Waals surface area contributed by atoms with E-state index >= 15 is 0 Å². The van der Waals surface area contributed by atoms with Gasteiger partial charge in [0.05, 0.1) is 5.56 Å². The Bertz CT molecular complexity index is 509. The van der Waals surface area contributed by atoms with Gasteiger partial charge in [-0.25, -0.2) is 9.78 Å². The van der Waals surface area contributed by atoms with Gasteiger partial charge in [-0.15, -0.1) is 11.8 Å². The van der Waals surface area contributed by atoms with Gasteiger partial charge in [-0.1, -0.05) is 6.42 Å². The third-order valence-corrected chi connectivity index (χ3v) is 5.87. The number of thioether (sulfide) groups is 1. The van der Waals surface area contributed by atoms with Crippen LogP contribution in [-0.2, 0) is 0 Å². The fraction of sp³-hybridized carbons (Fsp3) is 0.625. The number of piperidine rings is 2. The number of rotatable bonds is 4. The monoisotopic (exact) mass is 306 g/mol. The van der Waals surface area contributed by atoms with Gasteiger partial charge in [0.1, 0.15) is 5.03 Å². The average molecular weight is 306 g/mol. The summed E-state index contributed by atoms with van der Waals surface area (Å²) >= 11 is 1.61. The molecule has 0 aromatic carbocycles. The van der Waals surface area contributed by atoms with Gasteiger partial charge in [0.2, 0.25) is 0 Å². The number of aromatic nitrogens is 1. The Morgan fingerprint density at radius 2 is 2.29 bits per heavy atom. The second kappa shape index (κ2) is 6.79. The van der Waals surface area contributed by atoms with Gasteiger partial charge in [0.25, 0.3) is 0 Å². The van der Waals surface area contributed by atoms with Crippen LogP contribution in [0.25, 0.3) is 0 Å². The summed E-state index contributed by atoms with van der Waals surface area (Å²) in [6.45, 7) is 2.48. The molecule has 0 bridgehead atoms. The lowest BCUT2D eigenvalue weighted by atomic mass is 9.87. The van der Waals surface area contributed by atoms with Crippen LogP contribution in [0.3, 0.4) is 0 Å². The van der Waals surface area contributed by atoms with Crippen molar-refractivity contribution in [3.8, 4) is 0 Å². The van der Waals surface area contributed by atoms with Crippen molar-refractivity contribution < 1.29 is 9.90 Å². The van der Waals surface area contributed by atoms with Crippen LogP contribution in [0.5, 0.6) is 0 Å². The van der Waals surface area contributed by atoms with Crippen molar-refractivity contribution in [2.45, 2.75) is 43.2 Å². The predicted octanol–water partition coefficient (Wildman–Crippen LogP) is 3.14. The zero-order chi connectivity index (χ0) is 14.7. The van der Waals surface area contributed by atoms with Gasteiger partial charge >= 0.3 is 5.97 Å². The number of carboxylic acid groups (broad SMARTS) is 1. The summed E-state index contributed by atoms with van der Waals surface area (Å²) in [5.74, 6) is 0.799. The Kier molecular flexibility index (Phi) is 4.80. The molecule has 2 atom stereocenters. The summed E-state index contributed by atoms with van der Waals surface area (Å²) in [4.78, 5) is 18.1. The minimum atomic E-state index is -0.882. The zero-order valence-corrected chi connectivity index (χ0v) is 13.0. The SMILES string of the molecule is O=C(O)c1cccnc1SC[C@H]1CCN2CCCC[C@@H]2C1. The molecule has 4 nitrogen and oxygen atoms in total. The molecule has 3 heterocycles. The highest BCUT2D eigenvalue weighted by Crippen LogP contribution is 2.33. The number of carbonyl (C=O) groups is 1. The van der Waals surface area contributed by atoms with Crippen molar-refractivity contribution in [2.75, 3.05) is 18.8 Å². The fourth-order valence-corrected chi connectivity index (χ4v) is 4.63. The molecule has 0 aliphatic carbocycles. The molecule has 0 radical (unpaired) electrons. The van der Waals surface area contributed by atoms with E-state index in [1.54, 1.807) is 30.1 Å². The summed E-state index contributed by atoms with van der Waals surface area (Å²) in [5.41, 5.74) is 0.331. The van der Waals surface area contributed by atoms with E-state index in [9.17, 15) is 9.90 Å². The minimum Gasteiger partial charge on any atom is -0.478 e. The molecule has 3 rings (SSSR count). The molecule has 0 amide bonds. The third-order valence-electron chi connectivity index (χ3n) is 4.64. The first-order valence-corrected chi connectivity index (χ1v) is 8.78. The first kappa shape index (κ1) is 14.9. The highest BCUT2D eigenvalue weighted by Gasteiger charge is 2.30. The molecule has 2 aliphatic heterocycles. The van der Waals surface area contributed by atoms with E-state index in [-0.39, 0.29) is 0 Å². The van der Waals surface area contributed by atoms with Gasteiger partial charge in [0, 0.05) is 18.0 Å². The lowest BCUT2D eigenvalue weighted by Gasteiger charge is -2.42. The lowest BCUT2D eigenvalue weighted by Crippen LogP contribution is -2.45. The van der Waals surface area contributed by atoms with E-state index in [1.807, 2.05) is 0 Å². The maximum Gasteiger partial charge on any atom is 0.338 e. The first-order chi connectivity index (χ1) is 10.2. The van der Waals surface area contributed by atoms with Crippen LogP contribution < -0.4 is 0 Å². The molecule has 1 aromatic heterocycles. The Hall–Kier alpha value is -1.07. The number of pyridine rings is 1. The van der Waals surface area contributed by atoms with Gasteiger partial charge in [-0.05, 0) is 56.8 Å². The van der Waals surface area contributed by atoms with Crippen LogP contribution in [0.15, 0.2) is 23.4 Å². The number of hydrogen-bond acceptors (Lipinski definition) is 4. The highest BCUT2D eigenvalue weighted by atomic mass is 32.2. The normalized spacial score (nSPS) is 26.3. The van der Waals surface area contributed by atoms with E-state index in [4.69, 9.17) is 0 Å². The van der Waals surface area contributed by atoms with Crippen LogP contribution >= 0.6 is 11.8 Å². The van der Waals surface area contributed by atoms with E-state index in [2.05, 4.69) is 9.88 Å². The molecule has 2 saturated heterocycles. The van der Waals surface area contributed by atoms with Crippen molar-refractivity contribution in [1.82, 2.24) is 9.88 Å². The second-order valence-electron chi connectivity index (χ2n) is 6.05. The van der Waals surface area contributed by atoms with Crippen molar-refractivity contribution in [3.05, 3.63) is 23.9 Å². The summed E-state index contributed by atoms with van der Waals surface area (Å²) < 4.78 is 0. The van der Waals surface area contributed by atoms with Crippen LogP contribution in [-0.4, -0.2) is 45.8 Å². The van der Waals surface area contributed by atoms with E-state index in [0.717, 1.165) is 11.8 Å². The topological polar surface area (TPSA) is 53.4 Å². The fourth-order valence-electron chi connectivity index (χ4n) is 3.49. The van der Waals surface area contributed by atoms with Crippen LogP contribution in [0.4, 0.5) is 0 Å². The zero-order valence-electron chi connectivity index (χ0n) is 12.2. The molecule has 5 heteroatoms. The lowest BCUT2D eigenvalue weighted by molar-refractivity contribution is 0.0692. The molecule has 1 aromatic rings. The molecule has 0 spiro atoms. The quantitative estimate of drug-likeness (QED) is 0.866. The van der Waals surface area contributed by atoms with Gasteiger partial charge in [-0.3, -0.25) is 0 Å². The largest absolute Gasteiger partial charge is 0.478 e. The second-order valence-corrected chi connectivity index (χ2v) is 7.06. The van der Waals surface area contributed by atoms with Gasteiger partial charge in [-0.2, -0.15) is 0 Å². The highest BCUT2D eigenvalue weighted by molar-refractivity contribution is 7.99. The maximum absolute atomic E-state index is 11.2. The van der Waals surface area contributed by atoms with Crippen LogP contribution in [0, 0.1) is 5.92 Å². The number of hydrogen-bond donors (Lipinski definition) is 1. The van der Waals surface area contributed by atoms with Crippen molar-refractivity contribution >= 4 is 17.7 Å². The van der Waals surface area contributed by atoms with E-state index in [0.29, 0.717) is 16.5 Å². The van der Waals surface area contributed by atoms with Crippen molar-refractivity contribution in [1.29, 1.82) is 0 Å². The van der Waals surface area contributed by atoms with Crippen LogP contribution in [0.1, 0.15) is 42.5 Å². The summed E-state index contributed by atoms with van der Waals surface area (Å²) in [6, 6.07) is 4.09. The molecule has 0 saturated carbocycles. The predicted molar refractivity (Wildman–Crippen MR) is 83.9 cm³/mol. The summed E-state index contributed by atoms with van der Waals surface area (Å²) in [6.07, 6.45) is 8.24. The number of carboxylic acids is 1. The summed E-state index contributed by atoms with van der Waals surface area (Å²) in [7, 11) is 0. The van der Waals surface area contributed by atoms with Crippen LogP contribution in [0.2, 0.25) is 0 Å². The Labute approximate surface area is 129 Å². The molecular formula is C16H22N2O2S. The summed E-state index contributed by atoms with van der Waals surface area (Å²) in [5, 5.41) is 9.86. The molecule has 114 valence electrons. The number of fused-ring (bicyclic) bond motifs is 1. The third kappa shape index (κ3) is 3.58. The van der Waals surface area contributed by atoms with Crippen molar-refractivity contribution in [3.63, 3.8) is 0 Å². The van der Waals surface area contributed by atoms with E-state index in [1.165, 1.54) is 45.2 Å². The first-order valence-electron chi connectivity index (χ1n) is 7.79. The molecular weight excluding hydrogens is 284 g/mol. The minimum absolute atomic E-state index is 0.331. The van der Waals surface area contributed by atoms with E-state index < -0.39 is 5.97 Å². The Balaban J connectivity index is 1.57. The molecule has 0 unspecified atom stereocenters. The Morgan fingerprint density at radius 1 is 1.38 bits per heavy atom. The Morgan fingerprint density at radius 3 is 3.14 bits per heavy atom. The maximum atomic E-state index is 11.2. The smallest absolute Gasteiger partial charge is 0.338 e. The average Bonchev–Trinajstić information content (AvgIpc) is 2.53. The van der Waals surface area contributed by atoms with Gasteiger partial charge in [0.15, 0.2) is 0 Å². The number of aromatic carboxylic acids is 1. The molecule has 1 N–H and O–H groups in total. The number of nitrogens with zero attached hydrogens (tertiary/aromatic N) is 2. The van der Waals surface area contributed by atoms with Gasteiger partial charge < -0.3 is 10.0 Å². The molecule has 21 heavy (non-hydrogen) atoms. The molecule has 2 aliphatic rings. The standard InChI is InChI=1S/C16H22N2O2S/c19-16(20)14-5-3-7-17-15(14)21-11-12-6-9-18-8-2-1-4-13(18)10-12/h3,5,7,12-13H,1-2,4,6,8-11H2,(H,19,20)/t12-,13+/m0/s1. The van der Waals surface area contributed by atoms with Crippen molar-refractivity contribution in [2.24, 2.45) is 5.92 Å².